The summed E-state index contributed by atoms with van der Waals surface area (Å²) in [7, 11) is 0. The molecule has 1 amide bonds. The predicted octanol–water partition coefficient (Wildman–Crippen LogP) is 5.13. The highest BCUT2D eigenvalue weighted by Crippen LogP contribution is 2.55. The summed E-state index contributed by atoms with van der Waals surface area (Å²) in [5, 5.41) is 3.07. The molecule has 3 aromatic rings. The van der Waals surface area contributed by atoms with Crippen molar-refractivity contribution in [1.29, 1.82) is 0 Å². The van der Waals surface area contributed by atoms with Crippen LogP contribution in [0.2, 0.25) is 0 Å². The highest BCUT2D eigenvalue weighted by Gasteiger charge is 2.45. The lowest BCUT2D eigenvalue weighted by atomic mass is 9.59. The van der Waals surface area contributed by atoms with Crippen LogP contribution in [0, 0.1) is 5.92 Å². The van der Waals surface area contributed by atoms with Gasteiger partial charge in [-0.15, -0.1) is 0 Å². The molecule has 0 radical (unpaired) electrons. The van der Waals surface area contributed by atoms with Crippen LogP contribution in [0.1, 0.15) is 57.8 Å². The van der Waals surface area contributed by atoms with E-state index in [4.69, 9.17) is 0 Å². The molecule has 3 aliphatic carbocycles. The Balaban J connectivity index is 1.48. The minimum atomic E-state index is -0.0951. The van der Waals surface area contributed by atoms with Gasteiger partial charge >= 0.3 is 0 Å². The summed E-state index contributed by atoms with van der Waals surface area (Å²) in [6.45, 7) is 1.54. The highest BCUT2D eigenvalue weighted by molar-refractivity contribution is 5.97. The molecular formula is C25H21NO2. The summed E-state index contributed by atoms with van der Waals surface area (Å²) in [5.41, 5.74) is 6.67. The number of benzene rings is 3. The monoisotopic (exact) mass is 367 g/mol. The van der Waals surface area contributed by atoms with Crippen LogP contribution in [-0.2, 0) is 4.79 Å². The third kappa shape index (κ3) is 2.58. The molecule has 1 N–H and O–H groups in total. The van der Waals surface area contributed by atoms with E-state index in [0.29, 0.717) is 5.56 Å². The van der Waals surface area contributed by atoms with E-state index in [-0.39, 0.29) is 29.4 Å². The molecule has 1 atom stereocenters. The van der Waals surface area contributed by atoms with Crippen LogP contribution in [0.3, 0.4) is 0 Å². The molecule has 0 saturated heterocycles. The number of Topliss-reactive ketones (excluding diaryl/α,β-unsaturated/α-hetero) is 1. The molecule has 0 aliphatic heterocycles. The molecule has 0 unspecified atom stereocenters. The zero-order chi connectivity index (χ0) is 19.3. The summed E-state index contributed by atoms with van der Waals surface area (Å²) in [6.07, 6.45) is 0.829. The van der Waals surface area contributed by atoms with Crippen LogP contribution in [-0.4, -0.2) is 11.7 Å². The van der Waals surface area contributed by atoms with Crippen LogP contribution in [0.4, 0.5) is 5.69 Å². The fourth-order valence-corrected chi connectivity index (χ4v) is 4.92. The van der Waals surface area contributed by atoms with E-state index in [2.05, 4.69) is 53.8 Å². The second kappa shape index (κ2) is 6.45. The van der Waals surface area contributed by atoms with Crippen LogP contribution >= 0.6 is 0 Å². The first kappa shape index (κ1) is 16.9. The Kier molecular flexibility index (Phi) is 3.90. The Bertz CT molecular complexity index is 1040. The van der Waals surface area contributed by atoms with Crippen molar-refractivity contribution in [1.82, 2.24) is 0 Å². The lowest BCUT2D eigenvalue weighted by Crippen LogP contribution is -2.38. The van der Waals surface area contributed by atoms with E-state index in [9.17, 15) is 9.59 Å². The second-order valence-electron chi connectivity index (χ2n) is 7.75. The summed E-state index contributed by atoms with van der Waals surface area (Å²) >= 11 is 0. The van der Waals surface area contributed by atoms with Crippen molar-refractivity contribution in [2.24, 2.45) is 5.92 Å². The van der Waals surface area contributed by atoms with E-state index in [0.717, 1.165) is 12.1 Å². The number of hydrogen-bond donors (Lipinski definition) is 1. The van der Waals surface area contributed by atoms with Crippen molar-refractivity contribution in [3.05, 3.63) is 101 Å². The summed E-state index contributed by atoms with van der Waals surface area (Å²) < 4.78 is 0. The van der Waals surface area contributed by atoms with Gasteiger partial charge in [0.2, 0.25) is 5.91 Å². The van der Waals surface area contributed by atoms with E-state index >= 15 is 0 Å². The third-order valence-electron chi connectivity index (χ3n) is 6.20. The highest BCUT2D eigenvalue weighted by atomic mass is 16.2. The molecule has 6 rings (SSSR count). The van der Waals surface area contributed by atoms with Crippen LogP contribution in [0.25, 0.3) is 0 Å². The molecule has 3 aliphatic rings. The van der Waals surface area contributed by atoms with Gasteiger partial charge in [0.15, 0.2) is 5.78 Å². The Morgan fingerprint density at radius 2 is 1.32 bits per heavy atom. The number of hydrogen-bond acceptors (Lipinski definition) is 2. The summed E-state index contributed by atoms with van der Waals surface area (Å²) in [6, 6.07) is 24.2. The standard InChI is InChI=1S/C25H21NO2/c1-15(27)16-10-12-17(13-11-16)26-25(28)23-14-22-18-6-2-4-8-20(18)24(23)21-9-5-3-7-19(21)22/h2-13,22-24H,14H2,1H3,(H,26,28)/t22?,23-,24?/m1/s1. The molecule has 0 fully saturated rings. The van der Waals surface area contributed by atoms with Crippen molar-refractivity contribution in [2.45, 2.75) is 25.2 Å². The van der Waals surface area contributed by atoms with Gasteiger partial charge < -0.3 is 5.32 Å². The summed E-state index contributed by atoms with van der Waals surface area (Å²) in [5.74, 6) is 0.342. The second-order valence-corrected chi connectivity index (χ2v) is 7.75. The first-order valence-electron chi connectivity index (χ1n) is 9.73. The number of anilines is 1. The SMILES string of the molecule is CC(=O)c1ccc(NC(=O)[C@@H]2CC3c4ccccc4C2c2ccccc23)cc1. The van der Waals surface area contributed by atoms with E-state index in [1.165, 1.54) is 22.3 Å². The molecule has 0 spiro atoms. The third-order valence-corrected chi connectivity index (χ3v) is 6.20. The molecule has 0 heterocycles. The van der Waals surface area contributed by atoms with Gasteiger partial charge in [-0.1, -0.05) is 48.5 Å². The Labute approximate surface area is 164 Å². The molecule has 2 bridgehead atoms. The van der Waals surface area contributed by atoms with Crippen molar-refractivity contribution in [2.75, 3.05) is 5.32 Å². The first-order chi connectivity index (χ1) is 13.6. The average Bonchev–Trinajstić information content (AvgIpc) is 2.74. The smallest absolute Gasteiger partial charge is 0.228 e. The summed E-state index contributed by atoms with van der Waals surface area (Å²) in [4.78, 5) is 24.7. The van der Waals surface area contributed by atoms with Gasteiger partial charge in [-0.25, -0.2) is 0 Å². The van der Waals surface area contributed by atoms with Gasteiger partial charge in [-0.2, -0.15) is 0 Å². The van der Waals surface area contributed by atoms with Crippen molar-refractivity contribution < 1.29 is 9.59 Å². The molecule has 0 saturated carbocycles. The van der Waals surface area contributed by atoms with Gasteiger partial charge in [0, 0.05) is 23.1 Å². The largest absolute Gasteiger partial charge is 0.326 e. The number of nitrogens with one attached hydrogen (secondary N) is 1. The number of rotatable bonds is 3. The average molecular weight is 367 g/mol. The van der Waals surface area contributed by atoms with Crippen LogP contribution in [0.5, 0.6) is 0 Å². The quantitative estimate of drug-likeness (QED) is 0.653. The number of ketones is 1. The van der Waals surface area contributed by atoms with Gasteiger partial charge in [-0.05, 0) is 59.9 Å². The number of amides is 1. The zero-order valence-electron chi connectivity index (χ0n) is 15.7. The minimum absolute atomic E-state index is 0.0238. The molecule has 28 heavy (non-hydrogen) atoms. The molecule has 0 aromatic heterocycles. The molecule has 3 nitrogen and oxygen atoms in total. The van der Waals surface area contributed by atoms with Gasteiger partial charge in [-0.3, -0.25) is 9.59 Å². The maximum Gasteiger partial charge on any atom is 0.228 e. The fourth-order valence-electron chi connectivity index (χ4n) is 4.92. The van der Waals surface area contributed by atoms with Crippen LogP contribution < -0.4 is 5.32 Å². The topological polar surface area (TPSA) is 46.2 Å². The zero-order valence-corrected chi connectivity index (χ0v) is 15.7. The minimum Gasteiger partial charge on any atom is -0.326 e. The Hall–Kier alpha value is -3.20. The van der Waals surface area contributed by atoms with Crippen molar-refractivity contribution in [3.8, 4) is 0 Å². The predicted molar refractivity (Wildman–Crippen MR) is 110 cm³/mol. The molecular weight excluding hydrogens is 346 g/mol. The van der Waals surface area contributed by atoms with Crippen molar-refractivity contribution >= 4 is 17.4 Å². The van der Waals surface area contributed by atoms with Gasteiger partial charge in [0.25, 0.3) is 0 Å². The fraction of sp³-hybridized carbons (Fsp3) is 0.200. The lowest BCUT2D eigenvalue weighted by molar-refractivity contribution is -0.121. The maximum absolute atomic E-state index is 13.2. The van der Waals surface area contributed by atoms with Crippen molar-refractivity contribution in [3.63, 3.8) is 0 Å². The number of carbonyl (C=O) groups excluding carboxylic acids is 2. The van der Waals surface area contributed by atoms with E-state index < -0.39 is 0 Å². The van der Waals surface area contributed by atoms with E-state index in [1.54, 1.807) is 31.2 Å². The normalized spacial score (nSPS) is 21.5. The molecule has 138 valence electrons. The number of fused-ring (bicyclic) bond motifs is 1. The molecule has 3 aromatic carbocycles. The first-order valence-corrected chi connectivity index (χ1v) is 9.73. The Morgan fingerprint density at radius 1 is 0.786 bits per heavy atom. The van der Waals surface area contributed by atoms with Crippen LogP contribution in [0.15, 0.2) is 72.8 Å². The Morgan fingerprint density at radius 3 is 1.86 bits per heavy atom. The maximum atomic E-state index is 13.2. The molecule has 3 heteroatoms. The lowest BCUT2D eigenvalue weighted by Gasteiger charge is -2.44. The van der Waals surface area contributed by atoms with E-state index in [1.807, 2.05) is 0 Å². The van der Waals surface area contributed by atoms with Gasteiger partial charge in [0.05, 0.1) is 5.92 Å². The van der Waals surface area contributed by atoms with Gasteiger partial charge in [0.1, 0.15) is 0 Å². The number of carbonyl (C=O) groups is 2.